The Morgan fingerprint density at radius 3 is 2.71 bits per heavy atom. The number of halogens is 1. The van der Waals surface area contributed by atoms with Gasteiger partial charge in [-0.2, -0.15) is 5.10 Å². The standard InChI is InChI=1S/C28H26ClN3O3/c1-2-3-14-35-21-11-7-10-19(15-21)27-24-25(22-16-20(29)12-13-23(22)33)30-31-26(24)28(34)32(27)17-18-8-5-4-6-9-18/h4-13,15-16,27,33H,2-3,14,17H2,1H3,(H,30,31). The van der Waals surface area contributed by atoms with Crippen molar-refractivity contribution in [1.82, 2.24) is 15.1 Å². The normalized spacial score (nSPS) is 14.9. The van der Waals surface area contributed by atoms with E-state index in [0.29, 0.717) is 40.7 Å². The summed E-state index contributed by atoms with van der Waals surface area (Å²) >= 11 is 6.24. The van der Waals surface area contributed by atoms with Gasteiger partial charge in [-0.15, -0.1) is 0 Å². The van der Waals surface area contributed by atoms with Crippen molar-refractivity contribution in [2.24, 2.45) is 0 Å². The maximum absolute atomic E-state index is 13.6. The van der Waals surface area contributed by atoms with Gasteiger partial charge in [0, 0.05) is 22.7 Å². The Balaban J connectivity index is 1.62. The molecule has 0 saturated carbocycles. The Kier molecular flexibility index (Phi) is 6.47. The molecule has 4 aromatic rings. The molecule has 1 aliphatic rings. The zero-order valence-electron chi connectivity index (χ0n) is 19.4. The molecule has 178 valence electrons. The van der Waals surface area contributed by atoms with Gasteiger partial charge in [0.25, 0.3) is 5.91 Å². The molecule has 1 amide bonds. The van der Waals surface area contributed by atoms with E-state index >= 15 is 0 Å². The van der Waals surface area contributed by atoms with E-state index in [0.717, 1.165) is 29.7 Å². The topological polar surface area (TPSA) is 78.5 Å². The lowest BCUT2D eigenvalue weighted by Crippen LogP contribution is -2.29. The largest absolute Gasteiger partial charge is 0.507 e. The first-order valence-electron chi connectivity index (χ1n) is 11.7. The van der Waals surface area contributed by atoms with Gasteiger partial charge >= 0.3 is 0 Å². The van der Waals surface area contributed by atoms with Crippen LogP contribution >= 0.6 is 11.6 Å². The van der Waals surface area contributed by atoms with Crippen molar-refractivity contribution in [2.45, 2.75) is 32.4 Å². The zero-order chi connectivity index (χ0) is 24.4. The number of fused-ring (bicyclic) bond motifs is 1. The van der Waals surface area contributed by atoms with Crippen LogP contribution in [0.5, 0.6) is 11.5 Å². The molecule has 3 aromatic carbocycles. The minimum absolute atomic E-state index is 0.0491. The summed E-state index contributed by atoms with van der Waals surface area (Å²) in [5, 5.41) is 18.4. The molecule has 5 rings (SSSR count). The van der Waals surface area contributed by atoms with Gasteiger partial charge in [-0.05, 0) is 47.9 Å². The minimum atomic E-state index is -0.417. The molecule has 1 unspecified atom stereocenters. The fourth-order valence-electron chi connectivity index (χ4n) is 4.50. The number of phenolic OH excluding ortho intramolecular Hbond substituents is 1. The first-order valence-corrected chi connectivity index (χ1v) is 12.1. The first-order chi connectivity index (χ1) is 17.1. The van der Waals surface area contributed by atoms with Crippen LogP contribution in [0, 0.1) is 0 Å². The number of benzene rings is 3. The highest BCUT2D eigenvalue weighted by molar-refractivity contribution is 6.31. The molecule has 0 aliphatic carbocycles. The van der Waals surface area contributed by atoms with E-state index < -0.39 is 6.04 Å². The van der Waals surface area contributed by atoms with Crippen LogP contribution in [0.25, 0.3) is 11.3 Å². The monoisotopic (exact) mass is 487 g/mol. The second-order valence-corrected chi connectivity index (χ2v) is 9.05. The number of rotatable bonds is 8. The van der Waals surface area contributed by atoms with E-state index in [1.54, 1.807) is 12.1 Å². The molecule has 0 fully saturated rings. The van der Waals surface area contributed by atoms with Crippen molar-refractivity contribution in [1.29, 1.82) is 0 Å². The number of unbranched alkanes of at least 4 members (excludes halogenated alkanes) is 1. The van der Waals surface area contributed by atoms with Gasteiger partial charge in [0.05, 0.1) is 12.6 Å². The average molecular weight is 488 g/mol. The smallest absolute Gasteiger partial charge is 0.273 e. The Hall–Kier alpha value is -3.77. The van der Waals surface area contributed by atoms with Gasteiger partial charge in [0.2, 0.25) is 0 Å². The summed E-state index contributed by atoms with van der Waals surface area (Å²) in [6.45, 7) is 3.18. The number of hydrogen-bond donors (Lipinski definition) is 2. The lowest BCUT2D eigenvalue weighted by molar-refractivity contribution is 0.0730. The lowest BCUT2D eigenvalue weighted by Gasteiger charge is -2.27. The predicted octanol–water partition coefficient (Wildman–Crippen LogP) is 6.36. The van der Waals surface area contributed by atoms with Crippen LogP contribution in [0.1, 0.15) is 53.0 Å². The second kappa shape index (κ2) is 9.84. The molecule has 35 heavy (non-hydrogen) atoms. The number of amides is 1. The fraction of sp³-hybridized carbons (Fsp3) is 0.214. The van der Waals surface area contributed by atoms with Crippen LogP contribution < -0.4 is 4.74 Å². The van der Waals surface area contributed by atoms with Crippen molar-refractivity contribution in [3.8, 4) is 22.8 Å². The van der Waals surface area contributed by atoms with Crippen molar-refractivity contribution >= 4 is 17.5 Å². The van der Waals surface area contributed by atoms with Gasteiger partial charge in [-0.25, -0.2) is 0 Å². The van der Waals surface area contributed by atoms with E-state index in [1.165, 1.54) is 6.07 Å². The number of carbonyl (C=O) groups excluding carboxylic acids is 1. The maximum Gasteiger partial charge on any atom is 0.273 e. The molecule has 2 N–H and O–H groups in total. The molecular formula is C28H26ClN3O3. The summed E-state index contributed by atoms with van der Waals surface area (Å²) < 4.78 is 5.96. The highest BCUT2D eigenvalue weighted by atomic mass is 35.5. The zero-order valence-corrected chi connectivity index (χ0v) is 20.1. The van der Waals surface area contributed by atoms with Gasteiger partial charge in [0.15, 0.2) is 0 Å². The summed E-state index contributed by atoms with van der Waals surface area (Å²) in [7, 11) is 0. The number of aromatic amines is 1. The van der Waals surface area contributed by atoms with Crippen LogP contribution in [-0.4, -0.2) is 32.7 Å². The van der Waals surface area contributed by atoms with Gasteiger partial charge in [0.1, 0.15) is 22.9 Å². The molecule has 7 heteroatoms. The fourth-order valence-corrected chi connectivity index (χ4v) is 4.67. The third kappa shape index (κ3) is 4.49. The number of aromatic hydroxyl groups is 1. The lowest BCUT2D eigenvalue weighted by atomic mass is 9.95. The molecule has 0 radical (unpaired) electrons. The average Bonchev–Trinajstić information content (AvgIpc) is 3.41. The Morgan fingerprint density at radius 2 is 1.91 bits per heavy atom. The third-order valence-corrected chi connectivity index (χ3v) is 6.45. The van der Waals surface area contributed by atoms with Crippen LogP contribution in [-0.2, 0) is 6.54 Å². The number of nitrogens with one attached hydrogen (secondary N) is 1. The summed E-state index contributed by atoms with van der Waals surface area (Å²) in [5.41, 5.74) is 4.04. The molecule has 6 nitrogen and oxygen atoms in total. The Morgan fingerprint density at radius 1 is 1.09 bits per heavy atom. The van der Waals surface area contributed by atoms with Crippen LogP contribution in [0.3, 0.4) is 0 Å². The van der Waals surface area contributed by atoms with E-state index in [2.05, 4.69) is 17.1 Å². The molecule has 0 spiro atoms. The third-order valence-electron chi connectivity index (χ3n) is 6.21. The van der Waals surface area contributed by atoms with Crippen molar-refractivity contribution < 1.29 is 14.6 Å². The number of carbonyl (C=O) groups is 1. The number of H-pyrrole nitrogens is 1. The molecule has 1 aromatic heterocycles. The first kappa shape index (κ1) is 23.0. The van der Waals surface area contributed by atoms with Gasteiger partial charge in [-0.3, -0.25) is 9.89 Å². The van der Waals surface area contributed by atoms with Crippen LogP contribution in [0.4, 0.5) is 0 Å². The summed E-state index contributed by atoms with van der Waals surface area (Å²) in [5.74, 6) is 0.659. The predicted molar refractivity (Wildman–Crippen MR) is 136 cm³/mol. The van der Waals surface area contributed by atoms with E-state index in [1.807, 2.05) is 59.5 Å². The van der Waals surface area contributed by atoms with Crippen molar-refractivity contribution in [2.75, 3.05) is 6.61 Å². The quantitative estimate of drug-likeness (QED) is 0.283. The highest BCUT2D eigenvalue weighted by Crippen LogP contribution is 2.46. The van der Waals surface area contributed by atoms with Crippen LogP contribution in [0.2, 0.25) is 5.02 Å². The van der Waals surface area contributed by atoms with Crippen molar-refractivity contribution in [3.63, 3.8) is 0 Å². The number of hydrogen-bond acceptors (Lipinski definition) is 4. The van der Waals surface area contributed by atoms with E-state index in [-0.39, 0.29) is 11.7 Å². The Labute approximate surface area is 209 Å². The Bertz CT molecular complexity index is 1350. The molecule has 0 saturated heterocycles. The highest BCUT2D eigenvalue weighted by Gasteiger charge is 2.42. The van der Waals surface area contributed by atoms with Crippen molar-refractivity contribution in [3.05, 3.63) is 100 Å². The molecular weight excluding hydrogens is 462 g/mol. The SMILES string of the molecule is CCCCOc1cccc(C2c3c(-c4cc(Cl)ccc4O)n[nH]c3C(=O)N2Cc2ccccc2)c1. The molecule has 1 aliphatic heterocycles. The van der Waals surface area contributed by atoms with Gasteiger partial charge < -0.3 is 14.7 Å². The number of nitrogens with zero attached hydrogens (tertiary/aromatic N) is 2. The molecule has 2 heterocycles. The summed E-state index contributed by atoms with van der Waals surface area (Å²) in [6.07, 6.45) is 2.02. The summed E-state index contributed by atoms with van der Waals surface area (Å²) in [6, 6.07) is 22.1. The van der Waals surface area contributed by atoms with Crippen LogP contribution in [0.15, 0.2) is 72.8 Å². The van der Waals surface area contributed by atoms with E-state index in [9.17, 15) is 9.90 Å². The minimum Gasteiger partial charge on any atom is -0.507 e. The molecule has 0 bridgehead atoms. The number of phenols is 1. The number of ether oxygens (including phenoxy) is 1. The summed E-state index contributed by atoms with van der Waals surface area (Å²) in [4.78, 5) is 15.4. The second-order valence-electron chi connectivity index (χ2n) is 8.62. The van der Waals surface area contributed by atoms with E-state index in [4.69, 9.17) is 16.3 Å². The number of aromatic nitrogens is 2. The molecule has 1 atom stereocenters. The van der Waals surface area contributed by atoms with Gasteiger partial charge in [-0.1, -0.05) is 67.4 Å². The maximum atomic E-state index is 13.6.